The lowest BCUT2D eigenvalue weighted by atomic mass is 10.1. The quantitative estimate of drug-likeness (QED) is 0.786. The van der Waals surface area contributed by atoms with Crippen molar-refractivity contribution in [1.82, 2.24) is 0 Å². The molecule has 4 heteroatoms. The Bertz CT molecular complexity index is 683. The van der Waals surface area contributed by atoms with Crippen molar-refractivity contribution >= 4 is 11.6 Å². The molecule has 2 aromatic carbocycles. The molecule has 1 unspecified atom stereocenters. The molecule has 1 N–H and O–H groups in total. The van der Waals surface area contributed by atoms with Gasteiger partial charge in [-0.1, -0.05) is 43.2 Å². The second-order valence-electron chi connectivity index (χ2n) is 6.07. The van der Waals surface area contributed by atoms with Gasteiger partial charge in [-0.2, -0.15) is 0 Å². The number of aryl methyl sites for hydroxylation is 1. The smallest absolute Gasteiger partial charge is 0.228 e. The molecule has 3 nitrogen and oxygen atoms in total. The molecule has 2 rings (SSSR count). The number of hydrogen-bond donors (Lipinski definition) is 1. The lowest BCUT2D eigenvalue weighted by molar-refractivity contribution is -0.115. The summed E-state index contributed by atoms with van der Waals surface area (Å²) >= 11 is 0. The fourth-order valence-corrected chi connectivity index (χ4v) is 2.46. The van der Waals surface area contributed by atoms with Crippen molar-refractivity contribution in [3.05, 3.63) is 59.4 Å². The molecular formula is C20H24FNO2. The second-order valence-corrected chi connectivity index (χ2v) is 6.07. The fourth-order valence-electron chi connectivity index (χ4n) is 2.46. The Balaban J connectivity index is 2.07. The van der Waals surface area contributed by atoms with Crippen LogP contribution in [0.25, 0.3) is 0 Å². The van der Waals surface area contributed by atoms with Crippen LogP contribution >= 0.6 is 0 Å². The van der Waals surface area contributed by atoms with E-state index in [1.54, 1.807) is 0 Å². The second kappa shape index (κ2) is 8.48. The third kappa shape index (κ3) is 5.37. The van der Waals surface area contributed by atoms with Gasteiger partial charge in [0.2, 0.25) is 5.91 Å². The van der Waals surface area contributed by atoms with Crippen LogP contribution < -0.4 is 10.1 Å². The SMILES string of the molecule is CCCC(C)Oc1cc(F)ccc1NC(=O)Cc1ccc(C)cc1. The maximum atomic E-state index is 13.5. The number of carbonyl (C=O) groups is 1. The Labute approximate surface area is 142 Å². The van der Waals surface area contributed by atoms with Crippen LogP contribution in [0.4, 0.5) is 10.1 Å². The van der Waals surface area contributed by atoms with E-state index in [0.29, 0.717) is 11.4 Å². The highest BCUT2D eigenvalue weighted by Crippen LogP contribution is 2.27. The van der Waals surface area contributed by atoms with Crippen molar-refractivity contribution in [3.63, 3.8) is 0 Å². The molecule has 0 saturated heterocycles. The van der Waals surface area contributed by atoms with Gasteiger partial charge in [0.05, 0.1) is 18.2 Å². The predicted octanol–water partition coefficient (Wildman–Crippen LogP) is 4.88. The Morgan fingerprint density at radius 2 is 1.92 bits per heavy atom. The number of ether oxygens (including phenoxy) is 1. The first-order chi connectivity index (χ1) is 11.5. The molecule has 0 fully saturated rings. The highest BCUT2D eigenvalue weighted by Gasteiger charge is 2.12. The van der Waals surface area contributed by atoms with Crippen LogP contribution in [-0.2, 0) is 11.2 Å². The van der Waals surface area contributed by atoms with E-state index in [2.05, 4.69) is 12.2 Å². The Hall–Kier alpha value is -2.36. The summed E-state index contributed by atoms with van der Waals surface area (Å²) < 4.78 is 19.3. The van der Waals surface area contributed by atoms with Gasteiger partial charge in [-0.15, -0.1) is 0 Å². The van der Waals surface area contributed by atoms with Crippen LogP contribution in [0.1, 0.15) is 37.8 Å². The lowest BCUT2D eigenvalue weighted by Gasteiger charge is -2.17. The number of rotatable bonds is 7. The minimum absolute atomic E-state index is 0.0375. The van der Waals surface area contributed by atoms with Gasteiger partial charge in [-0.3, -0.25) is 4.79 Å². The van der Waals surface area contributed by atoms with Gasteiger partial charge in [0.1, 0.15) is 11.6 Å². The number of hydrogen-bond acceptors (Lipinski definition) is 2. The topological polar surface area (TPSA) is 38.3 Å². The summed E-state index contributed by atoms with van der Waals surface area (Å²) in [4.78, 5) is 12.3. The van der Waals surface area contributed by atoms with Crippen molar-refractivity contribution in [2.45, 2.75) is 46.1 Å². The summed E-state index contributed by atoms with van der Waals surface area (Å²) in [6.07, 6.45) is 2.07. The first kappa shape index (κ1) is 18.0. The molecule has 1 atom stereocenters. The maximum Gasteiger partial charge on any atom is 0.228 e. The normalized spacial score (nSPS) is 11.8. The molecule has 0 radical (unpaired) electrons. The molecule has 0 saturated carbocycles. The summed E-state index contributed by atoms with van der Waals surface area (Å²) in [6.45, 7) is 6.01. The molecule has 1 amide bonds. The molecular weight excluding hydrogens is 305 g/mol. The molecule has 128 valence electrons. The summed E-state index contributed by atoms with van der Waals surface area (Å²) in [5.41, 5.74) is 2.58. The van der Waals surface area contributed by atoms with Crippen molar-refractivity contribution in [3.8, 4) is 5.75 Å². The average molecular weight is 329 g/mol. The largest absolute Gasteiger partial charge is 0.488 e. The van der Waals surface area contributed by atoms with Crippen LogP contribution in [0.3, 0.4) is 0 Å². The number of amides is 1. The van der Waals surface area contributed by atoms with Crippen molar-refractivity contribution in [2.75, 3.05) is 5.32 Å². The van der Waals surface area contributed by atoms with Gasteiger partial charge in [0.15, 0.2) is 0 Å². The van der Waals surface area contributed by atoms with Gasteiger partial charge in [-0.25, -0.2) is 4.39 Å². The zero-order valence-corrected chi connectivity index (χ0v) is 14.4. The van der Waals surface area contributed by atoms with E-state index in [9.17, 15) is 9.18 Å². The maximum absolute atomic E-state index is 13.5. The van der Waals surface area contributed by atoms with Gasteiger partial charge in [0, 0.05) is 6.07 Å². The van der Waals surface area contributed by atoms with E-state index in [-0.39, 0.29) is 24.2 Å². The first-order valence-corrected chi connectivity index (χ1v) is 8.29. The fraction of sp³-hybridized carbons (Fsp3) is 0.350. The third-order valence-corrected chi connectivity index (χ3v) is 3.73. The number of anilines is 1. The summed E-state index contributed by atoms with van der Waals surface area (Å²) in [7, 11) is 0. The minimum atomic E-state index is -0.384. The number of halogens is 1. The zero-order chi connectivity index (χ0) is 17.5. The van der Waals surface area contributed by atoms with E-state index in [4.69, 9.17) is 4.74 Å². The first-order valence-electron chi connectivity index (χ1n) is 8.29. The zero-order valence-electron chi connectivity index (χ0n) is 14.4. The molecule has 24 heavy (non-hydrogen) atoms. The van der Waals surface area contributed by atoms with E-state index >= 15 is 0 Å². The van der Waals surface area contributed by atoms with Crippen LogP contribution in [0, 0.1) is 12.7 Å². The summed E-state index contributed by atoms with van der Waals surface area (Å²) in [6, 6.07) is 12.0. The van der Waals surface area contributed by atoms with E-state index in [0.717, 1.165) is 24.0 Å². The molecule has 0 heterocycles. The summed E-state index contributed by atoms with van der Waals surface area (Å²) in [5.74, 6) is -0.170. The van der Waals surface area contributed by atoms with E-state index in [1.165, 1.54) is 18.2 Å². The molecule has 0 aliphatic carbocycles. The van der Waals surface area contributed by atoms with Crippen LogP contribution in [0.5, 0.6) is 5.75 Å². The number of nitrogens with one attached hydrogen (secondary N) is 1. The van der Waals surface area contributed by atoms with E-state index < -0.39 is 0 Å². The van der Waals surface area contributed by atoms with Crippen molar-refractivity contribution in [2.24, 2.45) is 0 Å². The number of carbonyl (C=O) groups excluding carboxylic acids is 1. The average Bonchev–Trinajstić information content (AvgIpc) is 2.52. The standard InChI is InChI=1S/C20H24FNO2/c1-4-5-15(3)24-19-13-17(21)10-11-18(19)22-20(23)12-16-8-6-14(2)7-9-16/h6-11,13,15H,4-5,12H2,1-3H3,(H,22,23). The van der Waals surface area contributed by atoms with Gasteiger partial charge < -0.3 is 10.1 Å². The Morgan fingerprint density at radius 3 is 2.58 bits per heavy atom. The van der Waals surface area contributed by atoms with Gasteiger partial charge >= 0.3 is 0 Å². The Kier molecular flexibility index (Phi) is 6.36. The predicted molar refractivity (Wildman–Crippen MR) is 94.9 cm³/mol. The summed E-state index contributed by atoms with van der Waals surface area (Å²) in [5, 5.41) is 2.82. The van der Waals surface area contributed by atoms with Crippen molar-refractivity contribution < 1.29 is 13.9 Å². The molecule has 0 aliphatic heterocycles. The minimum Gasteiger partial charge on any atom is -0.488 e. The lowest BCUT2D eigenvalue weighted by Crippen LogP contribution is -2.17. The highest BCUT2D eigenvalue weighted by molar-refractivity contribution is 5.93. The molecule has 0 aromatic heterocycles. The van der Waals surface area contributed by atoms with Crippen molar-refractivity contribution in [1.29, 1.82) is 0 Å². The molecule has 2 aromatic rings. The highest BCUT2D eigenvalue weighted by atomic mass is 19.1. The van der Waals surface area contributed by atoms with Gasteiger partial charge in [0.25, 0.3) is 0 Å². The van der Waals surface area contributed by atoms with Crippen LogP contribution in [-0.4, -0.2) is 12.0 Å². The molecule has 0 bridgehead atoms. The van der Waals surface area contributed by atoms with Crippen LogP contribution in [0.15, 0.2) is 42.5 Å². The Morgan fingerprint density at radius 1 is 1.21 bits per heavy atom. The van der Waals surface area contributed by atoms with Crippen LogP contribution in [0.2, 0.25) is 0 Å². The molecule has 0 aliphatic rings. The van der Waals surface area contributed by atoms with E-state index in [1.807, 2.05) is 38.1 Å². The van der Waals surface area contributed by atoms with Gasteiger partial charge in [-0.05, 0) is 38.0 Å². The number of benzene rings is 2. The third-order valence-electron chi connectivity index (χ3n) is 3.73. The molecule has 0 spiro atoms. The monoisotopic (exact) mass is 329 g/mol.